The number of hydrogen-bond acceptors (Lipinski definition) is 2. The van der Waals surface area contributed by atoms with E-state index in [-0.39, 0.29) is 18.5 Å². The number of halogens is 1. The summed E-state index contributed by atoms with van der Waals surface area (Å²) < 4.78 is 13.4. The van der Waals surface area contributed by atoms with Gasteiger partial charge in [-0.1, -0.05) is 29.8 Å². The highest BCUT2D eigenvalue weighted by molar-refractivity contribution is 5.33. The highest BCUT2D eigenvalue weighted by Gasteiger charge is 2.09. The van der Waals surface area contributed by atoms with Crippen LogP contribution < -0.4 is 5.32 Å². The minimum absolute atomic E-state index is 0.215. The molecular formula is C18H22FNO. The predicted octanol–water partition coefficient (Wildman–Crippen LogP) is 3.79. The molecule has 0 aromatic heterocycles. The van der Waals surface area contributed by atoms with E-state index in [1.807, 2.05) is 0 Å². The molecule has 0 fully saturated rings. The molecule has 0 spiro atoms. The van der Waals surface area contributed by atoms with Crippen LogP contribution in [0.3, 0.4) is 0 Å². The van der Waals surface area contributed by atoms with Crippen molar-refractivity contribution in [3.05, 3.63) is 70.0 Å². The standard InChI is InChI=1S/C18H22FNO/c1-12-4-5-13(2)17(8-12)14(3)20-10-15-6-7-18(19)16(9-15)11-21/h4-9,14,20-21H,10-11H2,1-3H3. The Morgan fingerprint density at radius 1 is 1.14 bits per heavy atom. The fraction of sp³-hybridized carbons (Fsp3) is 0.333. The van der Waals surface area contributed by atoms with Crippen molar-refractivity contribution in [2.75, 3.05) is 0 Å². The number of aliphatic hydroxyl groups is 1. The van der Waals surface area contributed by atoms with Crippen LogP contribution >= 0.6 is 0 Å². The SMILES string of the molecule is Cc1ccc(C)c(C(C)NCc2ccc(F)c(CO)c2)c1. The van der Waals surface area contributed by atoms with Gasteiger partial charge in [-0.3, -0.25) is 0 Å². The van der Waals surface area contributed by atoms with Crippen LogP contribution in [0.2, 0.25) is 0 Å². The molecule has 3 heteroatoms. The first-order valence-electron chi connectivity index (χ1n) is 7.20. The van der Waals surface area contributed by atoms with Crippen molar-refractivity contribution >= 4 is 0 Å². The number of hydrogen-bond donors (Lipinski definition) is 2. The van der Waals surface area contributed by atoms with Crippen molar-refractivity contribution in [1.29, 1.82) is 0 Å². The Morgan fingerprint density at radius 2 is 1.90 bits per heavy atom. The summed E-state index contributed by atoms with van der Waals surface area (Å²) in [5, 5.41) is 12.6. The van der Waals surface area contributed by atoms with Crippen LogP contribution in [0, 0.1) is 19.7 Å². The van der Waals surface area contributed by atoms with Crippen LogP contribution in [-0.2, 0) is 13.2 Å². The van der Waals surface area contributed by atoms with Gasteiger partial charge < -0.3 is 10.4 Å². The fourth-order valence-corrected chi connectivity index (χ4v) is 2.47. The van der Waals surface area contributed by atoms with E-state index in [4.69, 9.17) is 5.11 Å². The predicted molar refractivity (Wildman–Crippen MR) is 83.5 cm³/mol. The third kappa shape index (κ3) is 3.90. The van der Waals surface area contributed by atoms with E-state index >= 15 is 0 Å². The van der Waals surface area contributed by atoms with E-state index in [1.54, 1.807) is 12.1 Å². The highest BCUT2D eigenvalue weighted by Crippen LogP contribution is 2.19. The Labute approximate surface area is 125 Å². The van der Waals surface area contributed by atoms with E-state index in [9.17, 15) is 4.39 Å². The van der Waals surface area contributed by atoms with Gasteiger partial charge in [0.1, 0.15) is 5.82 Å². The molecule has 2 nitrogen and oxygen atoms in total. The molecule has 2 aromatic rings. The Balaban J connectivity index is 2.07. The monoisotopic (exact) mass is 287 g/mol. The van der Waals surface area contributed by atoms with Crippen LogP contribution in [0.4, 0.5) is 4.39 Å². The molecule has 1 atom stereocenters. The minimum atomic E-state index is -0.358. The first-order chi connectivity index (χ1) is 10.0. The van der Waals surface area contributed by atoms with Gasteiger partial charge in [0.15, 0.2) is 0 Å². The summed E-state index contributed by atoms with van der Waals surface area (Å²) >= 11 is 0. The molecule has 0 heterocycles. The lowest BCUT2D eigenvalue weighted by Gasteiger charge is -2.17. The van der Waals surface area contributed by atoms with Crippen molar-refractivity contribution in [2.24, 2.45) is 0 Å². The summed E-state index contributed by atoms with van der Waals surface area (Å²) in [6, 6.07) is 11.5. The Hall–Kier alpha value is -1.71. The van der Waals surface area contributed by atoms with Crippen molar-refractivity contribution < 1.29 is 9.50 Å². The third-order valence-electron chi connectivity index (χ3n) is 3.79. The second-order valence-electron chi connectivity index (χ2n) is 5.55. The summed E-state index contributed by atoms with van der Waals surface area (Å²) in [7, 11) is 0. The molecule has 0 saturated heterocycles. The Kier molecular flexibility index (Phi) is 5.10. The number of aryl methyl sites for hydroxylation is 2. The van der Waals surface area contributed by atoms with Gasteiger partial charge >= 0.3 is 0 Å². The maximum absolute atomic E-state index is 13.4. The molecule has 0 radical (unpaired) electrons. The Morgan fingerprint density at radius 3 is 2.62 bits per heavy atom. The van der Waals surface area contributed by atoms with Gasteiger partial charge in [0, 0.05) is 18.2 Å². The topological polar surface area (TPSA) is 32.3 Å². The lowest BCUT2D eigenvalue weighted by Crippen LogP contribution is -2.19. The quantitative estimate of drug-likeness (QED) is 0.877. The maximum atomic E-state index is 13.4. The molecule has 1 unspecified atom stereocenters. The van der Waals surface area contributed by atoms with Crippen LogP contribution in [0.15, 0.2) is 36.4 Å². The van der Waals surface area contributed by atoms with Crippen LogP contribution in [0.5, 0.6) is 0 Å². The largest absolute Gasteiger partial charge is 0.392 e. The van der Waals surface area contributed by atoms with Gasteiger partial charge in [0.25, 0.3) is 0 Å². The number of benzene rings is 2. The van der Waals surface area contributed by atoms with Crippen molar-refractivity contribution in [1.82, 2.24) is 5.32 Å². The average molecular weight is 287 g/mol. The smallest absolute Gasteiger partial charge is 0.128 e. The molecule has 0 aliphatic rings. The van der Waals surface area contributed by atoms with Crippen LogP contribution in [-0.4, -0.2) is 5.11 Å². The van der Waals surface area contributed by atoms with Crippen molar-refractivity contribution in [2.45, 2.75) is 40.0 Å². The van der Waals surface area contributed by atoms with Gasteiger partial charge in [-0.25, -0.2) is 4.39 Å². The van der Waals surface area contributed by atoms with Gasteiger partial charge in [0.2, 0.25) is 0 Å². The van der Waals surface area contributed by atoms with Gasteiger partial charge in [-0.2, -0.15) is 0 Å². The maximum Gasteiger partial charge on any atom is 0.128 e. The number of aliphatic hydroxyl groups excluding tert-OH is 1. The zero-order valence-corrected chi connectivity index (χ0v) is 12.8. The molecule has 21 heavy (non-hydrogen) atoms. The third-order valence-corrected chi connectivity index (χ3v) is 3.79. The first-order valence-corrected chi connectivity index (χ1v) is 7.20. The van der Waals surface area contributed by atoms with E-state index < -0.39 is 0 Å². The second-order valence-corrected chi connectivity index (χ2v) is 5.55. The lowest BCUT2D eigenvalue weighted by molar-refractivity contribution is 0.275. The molecule has 2 N–H and O–H groups in total. The molecular weight excluding hydrogens is 265 g/mol. The molecule has 0 aliphatic heterocycles. The zero-order chi connectivity index (χ0) is 15.4. The van der Waals surface area contributed by atoms with E-state index in [2.05, 4.69) is 44.3 Å². The molecule has 0 aliphatic carbocycles. The summed E-state index contributed by atoms with van der Waals surface area (Å²) in [5.74, 6) is -0.358. The van der Waals surface area contributed by atoms with Gasteiger partial charge in [-0.15, -0.1) is 0 Å². The van der Waals surface area contributed by atoms with Gasteiger partial charge in [-0.05, 0) is 49.6 Å². The summed E-state index contributed by atoms with van der Waals surface area (Å²) in [5.41, 5.74) is 5.09. The summed E-state index contributed by atoms with van der Waals surface area (Å²) in [6.45, 7) is 6.68. The fourth-order valence-electron chi connectivity index (χ4n) is 2.47. The van der Waals surface area contributed by atoms with Crippen molar-refractivity contribution in [3.63, 3.8) is 0 Å². The minimum Gasteiger partial charge on any atom is -0.392 e. The summed E-state index contributed by atoms with van der Waals surface area (Å²) in [6.07, 6.45) is 0. The number of rotatable bonds is 5. The molecule has 2 rings (SSSR count). The van der Waals surface area contributed by atoms with E-state index in [1.165, 1.54) is 22.8 Å². The normalized spacial score (nSPS) is 12.4. The van der Waals surface area contributed by atoms with Gasteiger partial charge in [0.05, 0.1) is 6.61 Å². The second kappa shape index (κ2) is 6.83. The van der Waals surface area contributed by atoms with Crippen LogP contribution in [0.1, 0.15) is 40.8 Å². The Bertz CT molecular complexity index is 625. The van der Waals surface area contributed by atoms with Crippen molar-refractivity contribution in [3.8, 4) is 0 Å². The average Bonchev–Trinajstić information content (AvgIpc) is 2.48. The van der Waals surface area contributed by atoms with E-state index in [0.29, 0.717) is 12.1 Å². The molecule has 0 amide bonds. The van der Waals surface area contributed by atoms with Crippen LogP contribution in [0.25, 0.3) is 0 Å². The van der Waals surface area contributed by atoms with E-state index in [0.717, 1.165) is 5.56 Å². The summed E-state index contributed by atoms with van der Waals surface area (Å²) in [4.78, 5) is 0. The molecule has 112 valence electrons. The molecule has 0 saturated carbocycles. The lowest BCUT2D eigenvalue weighted by atomic mass is 9.99. The highest BCUT2D eigenvalue weighted by atomic mass is 19.1. The number of nitrogens with one attached hydrogen (secondary N) is 1. The molecule has 0 bridgehead atoms. The zero-order valence-electron chi connectivity index (χ0n) is 12.8. The first kappa shape index (κ1) is 15.7. The molecule has 2 aromatic carbocycles.